The van der Waals surface area contributed by atoms with E-state index in [4.69, 9.17) is 4.74 Å². The molecule has 1 aromatic carbocycles. The van der Waals surface area contributed by atoms with Gasteiger partial charge in [-0.1, -0.05) is 30.3 Å². The number of hydrogen-bond acceptors (Lipinski definition) is 4. The van der Waals surface area contributed by atoms with Crippen molar-refractivity contribution in [2.75, 3.05) is 18.9 Å². The van der Waals surface area contributed by atoms with Crippen molar-refractivity contribution in [3.63, 3.8) is 0 Å². The number of sulfonamides is 1. The Labute approximate surface area is 125 Å². The molecule has 2 N–H and O–H groups in total. The van der Waals surface area contributed by atoms with Gasteiger partial charge in [0.25, 0.3) is 0 Å². The highest BCUT2D eigenvalue weighted by molar-refractivity contribution is 7.89. The van der Waals surface area contributed by atoms with Crippen LogP contribution in [0.2, 0.25) is 0 Å². The molecular formula is C14H21NO5S. The molecule has 0 amide bonds. The summed E-state index contributed by atoms with van der Waals surface area (Å²) >= 11 is 0. The summed E-state index contributed by atoms with van der Waals surface area (Å²) in [4.78, 5) is 11.3. The second kappa shape index (κ2) is 8.11. The first-order chi connectivity index (χ1) is 9.82. The van der Waals surface area contributed by atoms with Crippen LogP contribution in [0.1, 0.15) is 25.3 Å². The lowest BCUT2D eigenvalue weighted by Crippen LogP contribution is -2.34. The van der Waals surface area contributed by atoms with Gasteiger partial charge in [-0.25, -0.2) is 13.1 Å². The molecule has 0 aromatic heterocycles. The molecule has 1 aromatic rings. The maximum Gasteiger partial charge on any atom is 0.312 e. The summed E-state index contributed by atoms with van der Waals surface area (Å²) in [6.07, 6.45) is -0.0451. The van der Waals surface area contributed by atoms with Crippen LogP contribution in [0.3, 0.4) is 0 Å². The van der Waals surface area contributed by atoms with Gasteiger partial charge >= 0.3 is 5.97 Å². The third-order valence-corrected chi connectivity index (χ3v) is 4.12. The number of rotatable bonds is 9. The smallest absolute Gasteiger partial charge is 0.312 e. The minimum Gasteiger partial charge on any atom is -0.481 e. The van der Waals surface area contributed by atoms with Crippen LogP contribution in [-0.2, 0) is 19.6 Å². The van der Waals surface area contributed by atoms with Crippen LogP contribution in [0.4, 0.5) is 0 Å². The first-order valence-corrected chi connectivity index (χ1v) is 8.34. The molecule has 0 aliphatic carbocycles. The molecule has 0 aliphatic heterocycles. The van der Waals surface area contributed by atoms with Crippen LogP contribution in [-0.4, -0.2) is 44.5 Å². The SMILES string of the molecule is CC(C)OCCS(=O)(=O)NCC(C(=O)O)c1ccccc1. The molecule has 7 heteroatoms. The molecule has 21 heavy (non-hydrogen) atoms. The number of carboxylic acid groups (broad SMARTS) is 1. The Morgan fingerprint density at radius 3 is 2.43 bits per heavy atom. The predicted octanol–water partition coefficient (Wildman–Crippen LogP) is 1.20. The van der Waals surface area contributed by atoms with Crippen molar-refractivity contribution in [3.8, 4) is 0 Å². The standard InChI is InChI=1S/C14H21NO5S/c1-11(2)20-8-9-21(18,19)15-10-13(14(16)17)12-6-4-3-5-7-12/h3-7,11,13,15H,8-10H2,1-2H3,(H,16,17). The van der Waals surface area contributed by atoms with Crippen molar-refractivity contribution in [1.29, 1.82) is 0 Å². The van der Waals surface area contributed by atoms with E-state index in [1.807, 2.05) is 13.8 Å². The van der Waals surface area contributed by atoms with E-state index < -0.39 is 21.9 Å². The number of ether oxygens (including phenoxy) is 1. The van der Waals surface area contributed by atoms with Crippen LogP contribution in [0, 0.1) is 0 Å². The third kappa shape index (κ3) is 6.70. The van der Waals surface area contributed by atoms with Crippen LogP contribution in [0.15, 0.2) is 30.3 Å². The van der Waals surface area contributed by atoms with Crippen molar-refractivity contribution in [2.45, 2.75) is 25.9 Å². The number of aliphatic carboxylic acids is 1. The van der Waals surface area contributed by atoms with Gasteiger partial charge in [0, 0.05) is 6.54 Å². The maximum atomic E-state index is 11.8. The van der Waals surface area contributed by atoms with Crippen molar-refractivity contribution in [1.82, 2.24) is 4.72 Å². The van der Waals surface area contributed by atoms with Crippen molar-refractivity contribution < 1.29 is 23.1 Å². The van der Waals surface area contributed by atoms with E-state index in [-0.39, 0.29) is 25.0 Å². The number of benzene rings is 1. The minimum absolute atomic E-state index is 0.0451. The van der Waals surface area contributed by atoms with Gasteiger partial charge in [0.1, 0.15) is 0 Å². The maximum absolute atomic E-state index is 11.8. The summed E-state index contributed by atoms with van der Waals surface area (Å²) < 4.78 is 31.1. The van der Waals surface area contributed by atoms with Crippen LogP contribution < -0.4 is 4.72 Å². The van der Waals surface area contributed by atoms with Gasteiger partial charge < -0.3 is 9.84 Å². The lowest BCUT2D eigenvalue weighted by atomic mass is 10.00. The van der Waals surface area contributed by atoms with Gasteiger partial charge in [-0.2, -0.15) is 0 Å². The molecule has 0 bridgehead atoms. The zero-order chi connectivity index (χ0) is 15.9. The molecule has 0 heterocycles. The van der Waals surface area contributed by atoms with E-state index in [1.165, 1.54) is 0 Å². The third-order valence-electron chi connectivity index (χ3n) is 2.81. The van der Waals surface area contributed by atoms with E-state index in [0.717, 1.165) is 0 Å². The average molecular weight is 315 g/mol. The van der Waals surface area contributed by atoms with Gasteiger partial charge in [0.05, 0.1) is 24.4 Å². The van der Waals surface area contributed by atoms with E-state index >= 15 is 0 Å². The summed E-state index contributed by atoms with van der Waals surface area (Å²) in [6.45, 7) is 3.53. The van der Waals surface area contributed by atoms with Crippen LogP contribution >= 0.6 is 0 Å². The minimum atomic E-state index is -3.55. The van der Waals surface area contributed by atoms with Crippen molar-refractivity contribution in [3.05, 3.63) is 35.9 Å². The molecule has 118 valence electrons. The molecule has 0 saturated carbocycles. The van der Waals surface area contributed by atoms with E-state index in [2.05, 4.69) is 4.72 Å². The molecule has 0 radical (unpaired) electrons. The van der Waals surface area contributed by atoms with E-state index in [9.17, 15) is 18.3 Å². The van der Waals surface area contributed by atoms with Crippen molar-refractivity contribution in [2.24, 2.45) is 0 Å². The average Bonchev–Trinajstić information content (AvgIpc) is 2.38. The Balaban J connectivity index is 2.59. The Hall–Kier alpha value is -1.44. The normalized spacial score (nSPS) is 13.3. The first-order valence-electron chi connectivity index (χ1n) is 6.68. The molecule has 1 rings (SSSR count). The number of hydrogen-bond donors (Lipinski definition) is 2. The Morgan fingerprint density at radius 1 is 1.29 bits per heavy atom. The van der Waals surface area contributed by atoms with E-state index in [0.29, 0.717) is 5.56 Å². The highest BCUT2D eigenvalue weighted by Crippen LogP contribution is 2.15. The molecule has 1 atom stereocenters. The predicted molar refractivity (Wildman–Crippen MR) is 79.7 cm³/mol. The monoisotopic (exact) mass is 315 g/mol. The Morgan fingerprint density at radius 2 is 1.90 bits per heavy atom. The molecular weight excluding hydrogens is 294 g/mol. The topological polar surface area (TPSA) is 92.7 Å². The van der Waals surface area contributed by atoms with Crippen LogP contribution in [0.25, 0.3) is 0 Å². The Bertz CT molecular complexity index is 542. The van der Waals surface area contributed by atoms with Gasteiger partial charge in [-0.05, 0) is 19.4 Å². The number of nitrogens with one attached hydrogen (secondary N) is 1. The van der Waals surface area contributed by atoms with Gasteiger partial charge in [-0.15, -0.1) is 0 Å². The highest BCUT2D eigenvalue weighted by atomic mass is 32.2. The summed E-state index contributed by atoms with van der Waals surface area (Å²) in [7, 11) is -3.55. The first kappa shape index (κ1) is 17.6. The fourth-order valence-electron chi connectivity index (χ4n) is 1.71. The molecule has 0 fully saturated rings. The summed E-state index contributed by atoms with van der Waals surface area (Å²) in [5, 5.41) is 9.21. The Kier molecular flexibility index (Phi) is 6.80. The molecule has 0 spiro atoms. The van der Waals surface area contributed by atoms with Gasteiger partial charge in [0.15, 0.2) is 0 Å². The van der Waals surface area contributed by atoms with Gasteiger partial charge in [0.2, 0.25) is 10.0 Å². The zero-order valence-corrected chi connectivity index (χ0v) is 13.0. The largest absolute Gasteiger partial charge is 0.481 e. The molecule has 0 saturated heterocycles. The second-order valence-electron chi connectivity index (χ2n) is 4.89. The summed E-state index contributed by atoms with van der Waals surface area (Å²) in [5.41, 5.74) is 0.561. The molecule has 1 unspecified atom stereocenters. The zero-order valence-electron chi connectivity index (χ0n) is 12.2. The lowest BCUT2D eigenvalue weighted by Gasteiger charge is -2.14. The summed E-state index contributed by atoms with van der Waals surface area (Å²) in [5.74, 6) is -2.17. The fraction of sp³-hybridized carbons (Fsp3) is 0.500. The second-order valence-corrected chi connectivity index (χ2v) is 6.81. The summed E-state index contributed by atoms with van der Waals surface area (Å²) in [6, 6.07) is 8.53. The molecule has 0 aliphatic rings. The fourth-order valence-corrected chi connectivity index (χ4v) is 2.59. The lowest BCUT2D eigenvalue weighted by molar-refractivity contribution is -0.138. The number of carbonyl (C=O) groups is 1. The van der Waals surface area contributed by atoms with Crippen LogP contribution in [0.5, 0.6) is 0 Å². The highest BCUT2D eigenvalue weighted by Gasteiger charge is 2.22. The quantitative estimate of drug-likeness (QED) is 0.714. The van der Waals surface area contributed by atoms with Gasteiger partial charge in [-0.3, -0.25) is 4.79 Å². The van der Waals surface area contributed by atoms with E-state index in [1.54, 1.807) is 30.3 Å². The molecule has 6 nitrogen and oxygen atoms in total. The number of carboxylic acids is 1. The van der Waals surface area contributed by atoms with Crippen molar-refractivity contribution >= 4 is 16.0 Å².